The van der Waals surface area contributed by atoms with Crippen LogP contribution in [0.25, 0.3) is 0 Å². The molecule has 0 unspecified atom stereocenters. The number of ketones is 2. The van der Waals surface area contributed by atoms with E-state index in [1.165, 1.54) is 24.3 Å². The molecule has 3 aromatic rings. The minimum absolute atomic E-state index is 0.0303. The van der Waals surface area contributed by atoms with E-state index in [-0.39, 0.29) is 40.1 Å². The molecule has 0 bridgehead atoms. The molecule has 0 heterocycles. The van der Waals surface area contributed by atoms with Crippen LogP contribution >= 0.6 is 0 Å². The summed E-state index contributed by atoms with van der Waals surface area (Å²) in [5.41, 5.74) is 0.463. The van der Waals surface area contributed by atoms with E-state index in [9.17, 15) is 24.6 Å². The van der Waals surface area contributed by atoms with Crippen molar-refractivity contribution < 1.29 is 29.3 Å². The van der Waals surface area contributed by atoms with Gasteiger partial charge in [0.2, 0.25) is 5.78 Å². The molecule has 150 valence electrons. The van der Waals surface area contributed by atoms with Gasteiger partial charge in [0.15, 0.2) is 5.78 Å². The average Bonchev–Trinajstić information content (AvgIpc) is 2.75. The Morgan fingerprint density at radius 2 is 1.60 bits per heavy atom. The smallest absolute Gasteiger partial charge is 0.251 e. The maximum Gasteiger partial charge on any atom is 0.251 e. The molecule has 0 saturated carbocycles. The molecule has 1 amide bonds. The normalized spacial score (nSPS) is 12.2. The fourth-order valence-electron chi connectivity index (χ4n) is 3.44. The first-order valence-electron chi connectivity index (χ1n) is 9.10. The van der Waals surface area contributed by atoms with Crippen molar-refractivity contribution in [1.82, 2.24) is 5.32 Å². The van der Waals surface area contributed by atoms with Crippen molar-refractivity contribution in [2.24, 2.45) is 0 Å². The van der Waals surface area contributed by atoms with Crippen LogP contribution in [0, 0.1) is 0 Å². The first-order chi connectivity index (χ1) is 14.4. The largest absolute Gasteiger partial charge is 0.507 e. The Hall–Kier alpha value is -4.13. The Bertz CT molecular complexity index is 1200. The number of hydrogen-bond acceptors (Lipinski definition) is 6. The fourth-order valence-corrected chi connectivity index (χ4v) is 3.44. The van der Waals surface area contributed by atoms with E-state index in [4.69, 9.17) is 4.74 Å². The van der Waals surface area contributed by atoms with Crippen LogP contribution in [-0.2, 0) is 6.54 Å². The van der Waals surface area contributed by atoms with Gasteiger partial charge >= 0.3 is 0 Å². The molecule has 7 nitrogen and oxygen atoms in total. The van der Waals surface area contributed by atoms with Gasteiger partial charge in [-0.25, -0.2) is 0 Å². The molecule has 1 aliphatic rings. The molecular weight excluding hydrogens is 386 g/mol. The van der Waals surface area contributed by atoms with Gasteiger partial charge < -0.3 is 20.3 Å². The Kier molecular flexibility index (Phi) is 4.71. The van der Waals surface area contributed by atoms with Gasteiger partial charge in [0.25, 0.3) is 5.91 Å². The topological polar surface area (TPSA) is 113 Å². The molecule has 3 N–H and O–H groups in total. The maximum atomic E-state index is 12.9. The highest BCUT2D eigenvalue weighted by molar-refractivity contribution is 6.30. The molecular formula is C23H17NO6. The molecule has 0 atom stereocenters. The van der Waals surface area contributed by atoms with Crippen molar-refractivity contribution >= 4 is 17.5 Å². The number of nitrogens with one attached hydrogen (secondary N) is 1. The maximum absolute atomic E-state index is 12.9. The zero-order valence-electron chi connectivity index (χ0n) is 15.9. The summed E-state index contributed by atoms with van der Waals surface area (Å²) in [6.07, 6.45) is 0. The number of methoxy groups -OCH3 is 1. The third-order valence-corrected chi connectivity index (χ3v) is 4.98. The number of phenols is 2. The number of hydrogen-bond donors (Lipinski definition) is 3. The fraction of sp³-hybridized carbons (Fsp3) is 0.0870. The zero-order chi connectivity index (χ0) is 21.4. The van der Waals surface area contributed by atoms with E-state index >= 15 is 0 Å². The number of ether oxygens (including phenoxy) is 1. The predicted octanol–water partition coefficient (Wildman–Crippen LogP) is 2.81. The second-order valence-corrected chi connectivity index (χ2v) is 6.81. The van der Waals surface area contributed by atoms with Gasteiger partial charge in [-0.3, -0.25) is 14.4 Å². The highest BCUT2D eigenvalue weighted by atomic mass is 16.5. The standard InChI is InChI=1S/C23H17NO6/c1-30-14-7-5-12(6-8-14)11-24-23(29)13-9-16-20(18(26)10-13)22(28)19-15(21(16)27)3-2-4-17(19)25/h2-10,25-26H,11H2,1H3,(H,24,29). The number of carbonyl (C=O) groups is 3. The molecule has 0 aromatic heterocycles. The van der Waals surface area contributed by atoms with Gasteiger partial charge in [0.05, 0.1) is 18.2 Å². The lowest BCUT2D eigenvalue weighted by atomic mass is 9.82. The summed E-state index contributed by atoms with van der Waals surface area (Å²) in [5.74, 6) is -1.85. The minimum Gasteiger partial charge on any atom is -0.507 e. The van der Waals surface area contributed by atoms with Crippen LogP contribution in [0.3, 0.4) is 0 Å². The number of benzene rings is 3. The highest BCUT2D eigenvalue weighted by Crippen LogP contribution is 2.37. The number of phenolic OH excluding ortho intramolecular Hbond substituents is 2. The zero-order valence-corrected chi connectivity index (χ0v) is 15.9. The molecule has 1 aliphatic carbocycles. The number of rotatable bonds is 4. The summed E-state index contributed by atoms with van der Waals surface area (Å²) in [4.78, 5) is 38.2. The van der Waals surface area contributed by atoms with Crippen LogP contribution < -0.4 is 10.1 Å². The second-order valence-electron chi connectivity index (χ2n) is 6.81. The van der Waals surface area contributed by atoms with E-state index in [0.717, 1.165) is 11.6 Å². The molecule has 0 aliphatic heterocycles. The minimum atomic E-state index is -0.666. The molecule has 0 spiro atoms. The van der Waals surface area contributed by atoms with Crippen LogP contribution in [0.2, 0.25) is 0 Å². The van der Waals surface area contributed by atoms with E-state index in [1.807, 2.05) is 0 Å². The van der Waals surface area contributed by atoms with Crippen molar-refractivity contribution in [1.29, 1.82) is 0 Å². The Labute approximate surface area is 171 Å². The van der Waals surface area contributed by atoms with Gasteiger partial charge in [0.1, 0.15) is 17.2 Å². The molecule has 0 saturated heterocycles. The number of carbonyl (C=O) groups excluding carboxylic acids is 3. The Morgan fingerprint density at radius 3 is 2.30 bits per heavy atom. The van der Waals surface area contributed by atoms with Crippen molar-refractivity contribution in [2.75, 3.05) is 7.11 Å². The van der Waals surface area contributed by atoms with Crippen molar-refractivity contribution in [3.05, 3.63) is 88.0 Å². The lowest BCUT2D eigenvalue weighted by Gasteiger charge is -2.20. The summed E-state index contributed by atoms with van der Waals surface area (Å²) in [6, 6.07) is 13.7. The quantitative estimate of drug-likeness (QED) is 0.483. The molecule has 0 fully saturated rings. The van der Waals surface area contributed by atoms with Gasteiger partial charge in [-0.1, -0.05) is 24.3 Å². The van der Waals surface area contributed by atoms with Crippen LogP contribution in [0.4, 0.5) is 0 Å². The lowest BCUT2D eigenvalue weighted by Crippen LogP contribution is -2.25. The molecule has 3 aromatic carbocycles. The predicted molar refractivity (Wildman–Crippen MR) is 107 cm³/mol. The highest BCUT2D eigenvalue weighted by Gasteiger charge is 2.34. The lowest BCUT2D eigenvalue weighted by molar-refractivity contribution is 0.0947. The molecule has 30 heavy (non-hydrogen) atoms. The summed E-state index contributed by atoms with van der Waals surface area (Å²) in [7, 11) is 1.56. The van der Waals surface area contributed by atoms with Crippen molar-refractivity contribution in [3.63, 3.8) is 0 Å². The summed E-state index contributed by atoms with van der Waals surface area (Å²) < 4.78 is 5.09. The molecule has 7 heteroatoms. The summed E-state index contributed by atoms with van der Waals surface area (Å²) in [6.45, 7) is 0.226. The summed E-state index contributed by atoms with van der Waals surface area (Å²) >= 11 is 0. The van der Waals surface area contributed by atoms with E-state index in [0.29, 0.717) is 5.75 Å². The van der Waals surface area contributed by atoms with E-state index in [2.05, 4.69) is 5.32 Å². The SMILES string of the molecule is COc1ccc(CNC(=O)c2cc(O)c3c(c2)C(=O)c2cccc(O)c2C3=O)cc1. The second kappa shape index (κ2) is 7.36. The monoisotopic (exact) mass is 403 g/mol. The van der Waals surface area contributed by atoms with Gasteiger partial charge in [-0.2, -0.15) is 0 Å². The van der Waals surface area contributed by atoms with Gasteiger partial charge in [0, 0.05) is 23.2 Å². The summed E-state index contributed by atoms with van der Waals surface area (Å²) in [5, 5.41) is 23.1. The van der Waals surface area contributed by atoms with Gasteiger partial charge in [-0.15, -0.1) is 0 Å². The van der Waals surface area contributed by atoms with E-state index < -0.39 is 23.2 Å². The van der Waals surface area contributed by atoms with Crippen LogP contribution in [0.15, 0.2) is 54.6 Å². The van der Waals surface area contributed by atoms with Crippen molar-refractivity contribution in [3.8, 4) is 17.2 Å². The first-order valence-corrected chi connectivity index (χ1v) is 9.10. The Morgan fingerprint density at radius 1 is 0.900 bits per heavy atom. The van der Waals surface area contributed by atoms with Crippen LogP contribution in [0.5, 0.6) is 17.2 Å². The third kappa shape index (κ3) is 3.16. The van der Waals surface area contributed by atoms with Crippen LogP contribution in [0.1, 0.15) is 47.8 Å². The van der Waals surface area contributed by atoms with Crippen molar-refractivity contribution in [2.45, 2.75) is 6.54 Å². The molecule has 0 radical (unpaired) electrons. The Balaban J connectivity index is 1.63. The average molecular weight is 403 g/mol. The van der Waals surface area contributed by atoms with E-state index in [1.54, 1.807) is 31.4 Å². The number of aromatic hydroxyl groups is 2. The van der Waals surface area contributed by atoms with Crippen LogP contribution in [-0.4, -0.2) is 34.8 Å². The number of fused-ring (bicyclic) bond motifs is 2. The molecule has 4 rings (SSSR count). The first kappa shape index (κ1) is 19.2. The third-order valence-electron chi connectivity index (χ3n) is 4.98. The number of amides is 1. The van der Waals surface area contributed by atoms with Gasteiger partial charge in [-0.05, 0) is 35.9 Å².